The molecule has 2 N–H and O–H groups in total. The molecule has 0 saturated carbocycles. The molecule has 36 heavy (non-hydrogen) atoms. The first-order valence-electron chi connectivity index (χ1n) is 11.0. The number of ether oxygens (including phenoxy) is 2. The zero-order valence-corrected chi connectivity index (χ0v) is 22.9. The second kappa shape index (κ2) is 11.6. The Morgan fingerprint density at radius 2 is 1.83 bits per heavy atom. The van der Waals surface area contributed by atoms with E-state index >= 15 is 0 Å². The topological polar surface area (TPSA) is 118 Å². The Balaban J connectivity index is 1.93. The van der Waals surface area contributed by atoms with Crippen LogP contribution in [0.5, 0.6) is 5.75 Å². The molecular formula is C26H26BrN3O5S. The third kappa shape index (κ3) is 5.74. The van der Waals surface area contributed by atoms with Crippen molar-refractivity contribution in [3.63, 3.8) is 0 Å². The fourth-order valence-corrected chi connectivity index (χ4v) is 5.65. The van der Waals surface area contributed by atoms with E-state index in [9.17, 15) is 19.6 Å². The molecule has 1 heterocycles. The minimum absolute atomic E-state index is 0.0462. The molecule has 0 radical (unpaired) electrons. The van der Waals surface area contributed by atoms with Gasteiger partial charge in [-0.3, -0.25) is 14.4 Å². The molecule has 0 spiro atoms. The number of hydrogen-bond donors (Lipinski definition) is 2. The van der Waals surface area contributed by atoms with Crippen molar-refractivity contribution < 1.29 is 23.9 Å². The highest BCUT2D eigenvalue weighted by Gasteiger charge is 2.44. The Labute approximate surface area is 222 Å². The van der Waals surface area contributed by atoms with E-state index in [2.05, 4.69) is 32.6 Å². The predicted octanol–water partition coefficient (Wildman–Crippen LogP) is 4.49. The standard InChI is InChI=1S/C26H26BrN3O5S/c1-13-8-14(2)23(15(3)9-13)29-20(31)12-36-25-17(11-28)21(22(24(32)30-25)26(33)35-5)16-6-7-19(34-4)18(27)10-16/h6-10,21-22H,12H2,1-5H3,(H,29,31)(H,30,32)/t21-,22+/m0/s1. The Bertz CT molecular complexity index is 1280. The number of thioether (sulfide) groups is 1. The van der Waals surface area contributed by atoms with E-state index in [0.717, 1.165) is 34.1 Å². The zero-order valence-electron chi connectivity index (χ0n) is 20.5. The second-order valence-electron chi connectivity index (χ2n) is 8.33. The van der Waals surface area contributed by atoms with Crippen molar-refractivity contribution in [2.24, 2.45) is 5.92 Å². The molecule has 8 nitrogen and oxygen atoms in total. The van der Waals surface area contributed by atoms with Crippen molar-refractivity contribution in [3.05, 3.63) is 67.7 Å². The number of amides is 2. The summed E-state index contributed by atoms with van der Waals surface area (Å²) < 4.78 is 10.7. The van der Waals surface area contributed by atoms with Crippen LogP contribution in [0.1, 0.15) is 28.2 Å². The van der Waals surface area contributed by atoms with E-state index in [1.807, 2.05) is 32.9 Å². The van der Waals surface area contributed by atoms with Gasteiger partial charge in [0.1, 0.15) is 11.7 Å². The Hall–Kier alpha value is -3.29. The van der Waals surface area contributed by atoms with Gasteiger partial charge < -0.3 is 20.1 Å². The van der Waals surface area contributed by atoms with Crippen LogP contribution in [0.3, 0.4) is 0 Å². The summed E-state index contributed by atoms with van der Waals surface area (Å²) in [5.41, 5.74) is 4.45. The number of methoxy groups -OCH3 is 2. The third-order valence-corrected chi connectivity index (χ3v) is 7.44. The molecule has 0 aliphatic carbocycles. The Kier molecular flexibility index (Phi) is 8.82. The van der Waals surface area contributed by atoms with Gasteiger partial charge in [0, 0.05) is 11.6 Å². The monoisotopic (exact) mass is 571 g/mol. The van der Waals surface area contributed by atoms with E-state index in [4.69, 9.17) is 9.47 Å². The quantitative estimate of drug-likeness (QED) is 0.371. The molecule has 3 rings (SSSR count). The van der Waals surface area contributed by atoms with Crippen LogP contribution in [-0.4, -0.2) is 37.8 Å². The van der Waals surface area contributed by atoms with Gasteiger partial charge in [0.25, 0.3) is 0 Å². The molecule has 0 unspecified atom stereocenters. The molecule has 1 aliphatic rings. The molecule has 0 bridgehead atoms. The first kappa shape index (κ1) is 27.3. The fourth-order valence-electron chi connectivity index (χ4n) is 4.25. The van der Waals surface area contributed by atoms with Crippen molar-refractivity contribution in [1.29, 1.82) is 5.26 Å². The molecule has 1 aliphatic heterocycles. The number of nitrogens with one attached hydrogen (secondary N) is 2. The summed E-state index contributed by atoms with van der Waals surface area (Å²) in [6, 6.07) is 11.2. The minimum atomic E-state index is -1.26. The minimum Gasteiger partial charge on any atom is -0.496 e. The molecule has 0 aromatic heterocycles. The van der Waals surface area contributed by atoms with Crippen molar-refractivity contribution in [2.75, 3.05) is 25.3 Å². The number of nitriles is 1. The van der Waals surface area contributed by atoms with Crippen molar-refractivity contribution >= 4 is 51.2 Å². The van der Waals surface area contributed by atoms with Gasteiger partial charge in [0.15, 0.2) is 0 Å². The maximum absolute atomic E-state index is 13.0. The molecular weight excluding hydrogens is 546 g/mol. The number of hydrogen-bond acceptors (Lipinski definition) is 7. The van der Waals surface area contributed by atoms with Gasteiger partial charge in [0.2, 0.25) is 11.8 Å². The van der Waals surface area contributed by atoms with Gasteiger partial charge in [0.05, 0.1) is 41.1 Å². The highest BCUT2D eigenvalue weighted by Crippen LogP contribution is 2.42. The summed E-state index contributed by atoms with van der Waals surface area (Å²) in [5, 5.41) is 15.8. The molecule has 10 heteroatoms. The van der Waals surface area contributed by atoms with E-state index < -0.39 is 23.7 Å². The lowest BCUT2D eigenvalue weighted by Crippen LogP contribution is -2.44. The summed E-state index contributed by atoms with van der Waals surface area (Å²) in [4.78, 5) is 38.3. The van der Waals surface area contributed by atoms with Gasteiger partial charge in [-0.25, -0.2) is 0 Å². The molecule has 0 fully saturated rings. The third-order valence-electron chi connectivity index (χ3n) is 5.81. The molecule has 2 aromatic carbocycles. The normalized spacial score (nSPS) is 17.2. The van der Waals surface area contributed by atoms with E-state index in [0.29, 0.717) is 15.8 Å². The lowest BCUT2D eigenvalue weighted by Gasteiger charge is -2.31. The average molecular weight is 572 g/mol. The Morgan fingerprint density at radius 1 is 1.17 bits per heavy atom. The first-order valence-corrected chi connectivity index (χ1v) is 12.8. The number of allylic oxidation sites excluding steroid dienone is 1. The SMILES string of the molecule is COC(=O)[C@H]1C(=O)NC(SCC(=O)Nc2c(C)cc(C)cc2C)=C(C#N)[C@@H]1c1ccc(OC)c(Br)c1. The number of benzene rings is 2. The zero-order chi connectivity index (χ0) is 26.6. The maximum atomic E-state index is 13.0. The highest BCUT2D eigenvalue weighted by molar-refractivity contribution is 9.10. The number of halogens is 1. The summed E-state index contributed by atoms with van der Waals surface area (Å²) in [6.45, 7) is 5.83. The number of anilines is 1. The number of rotatable bonds is 7. The van der Waals surface area contributed by atoms with Crippen LogP contribution in [0.25, 0.3) is 0 Å². The van der Waals surface area contributed by atoms with Crippen LogP contribution in [0.2, 0.25) is 0 Å². The van der Waals surface area contributed by atoms with Crippen molar-refractivity contribution in [3.8, 4) is 11.8 Å². The average Bonchev–Trinajstić information content (AvgIpc) is 2.83. The molecule has 188 valence electrons. The maximum Gasteiger partial charge on any atom is 0.319 e. The predicted molar refractivity (Wildman–Crippen MR) is 141 cm³/mol. The van der Waals surface area contributed by atoms with Crippen LogP contribution in [-0.2, 0) is 19.1 Å². The van der Waals surface area contributed by atoms with Gasteiger partial charge in [-0.15, -0.1) is 0 Å². The lowest BCUT2D eigenvalue weighted by atomic mass is 9.78. The van der Waals surface area contributed by atoms with Crippen molar-refractivity contribution in [1.82, 2.24) is 5.32 Å². The number of esters is 1. The van der Waals surface area contributed by atoms with Gasteiger partial charge in [-0.2, -0.15) is 5.26 Å². The van der Waals surface area contributed by atoms with Crippen molar-refractivity contribution in [2.45, 2.75) is 26.7 Å². The van der Waals surface area contributed by atoms with Crippen LogP contribution < -0.4 is 15.4 Å². The number of aryl methyl sites for hydroxylation is 3. The second-order valence-corrected chi connectivity index (χ2v) is 10.2. The molecule has 2 aromatic rings. The fraction of sp³-hybridized carbons (Fsp3) is 0.308. The van der Waals surface area contributed by atoms with E-state index in [1.165, 1.54) is 14.2 Å². The van der Waals surface area contributed by atoms with Gasteiger partial charge in [-0.1, -0.05) is 35.5 Å². The summed E-state index contributed by atoms with van der Waals surface area (Å²) in [5.74, 6) is -3.30. The first-order chi connectivity index (χ1) is 17.1. The molecule has 0 saturated heterocycles. The molecule has 2 atom stereocenters. The molecule has 2 amide bonds. The van der Waals surface area contributed by atoms with E-state index in [1.54, 1.807) is 18.2 Å². The summed E-state index contributed by atoms with van der Waals surface area (Å²) >= 11 is 4.45. The smallest absolute Gasteiger partial charge is 0.319 e. The van der Waals surface area contributed by atoms with Crippen LogP contribution in [0, 0.1) is 38.0 Å². The number of nitrogens with zero attached hydrogens (tertiary/aromatic N) is 1. The van der Waals surface area contributed by atoms with E-state index in [-0.39, 0.29) is 22.3 Å². The van der Waals surface area contributed by atoms with Crippen LogP contribution in [0.15, 0.2) is 45.4 Å². The number of carbonyl (C=O) groups excluding carboxylic acids is 3. The Morgan fingerprint density at radius 3 is 2.39 bits per heavy atom. The van der Waals surface area contributed by atoms with Gasteiger partial charge in [-0.05, 0) is 65.5 Å². The van der Waals surface area contributed by atoms with Crippen LogP contribution in [0.4, 0.5) is 5.69 Å². The number of carbonyl (C=O) groups is 3. The van der Waals surface area contributed by atoms with Crippen LogP contribution >= 0.6 is 27.7 Å². The lowest BCUT2D eigenvalue weighted by molar-refractivity contribution is -0.150. The highest BCUT2D eigenvalue weighted by atomic mass is 79.9. The summed E-state index contributed by atoms with van der Waals surface area (Å²) in [7, 11) is 2.71. The summed E-state index contributed by atoms with van der Waals surface area (Å²) in [6.07, 6.45) is 0. The largest absolute Gasteiger partial charge is 0.496 e. The van der Waals surface area contributed by atoms with Gasteiger partial charge >= 0.3 is 5.97 Å².